The van der Waals surface area contributed by atoms with Crippen LogP contribution in [0.3, 0.4) is 0 Å². The molecule has 0 saturated carbocycles. The number of ether oxygens (including phenoxy) is 1. The molecule has 2 aromatic rings. The number of nitrogens with two attached hydrogens (primary N) is 1. The summed E-state index contributed by atoms with van der Waals surface area (Å²) in [6, 6.07) is 10.9. The maximum Gasteiger partial charge on any atom is 0.122 e. The molecule has 0 amide bonds. The Balaban J connectivity index is 1.58. The third-order valence-electron chi connectivity index (χ3n) is 4.00. The first-order chi connectivity index (χ1) is 10.3. The average molecular weight is 283 g/mol. The van der Waals surface area contributed by atoms with E-state index in [0.717, 1.165) is 38.0 Å². The Bertz CT molecular complexity index is 586. The van der Waals surface area contributed by atoms with E-state index >= 15 is 0 Å². The Kier molecular flexibility index (Phi) is 4.48. The number of hydrogen-bond acceptors (Lipinski definition) is 4. The first-order valence-electron chi connectivity index (χ1n) is 7.45. The van der Waals surface area contributed by atoms with E-state index in [0.29, 0.717) is 0 Å². The number of rotatable bonds is 6. The molecule has 1 aliphatic rings. The molecular weight excluding hydrogens is 262 g/mol. The van der Waals surface area contributed by atoms with Crippen LogP contribution >= 0.6 is 0 Å². The van der Waals surface area contributed by atoms with Crippen molar-refractivity contribution < 1.29 is 4.74 Å². The summed E-state index contributed by atoms with van der Waals surface area (Å²) in [5, 5.41) is 0. The van der Waals surface area contributed by atoms with Crippen molar-refractivity contribution in [1.29, 1.82) is 0 Å². The number of aryl methyl sites for hydroxylation is 1. The van der Waals surface area contributed by atoms with E-state index in [1.54, 1.807) is 0 Å². The first kappa shape index (κ1) is 14.0. The molecule has 4 heteroatoms. The van der Waals surface area contributed by atoms with Crippen LogP contribution in [0.25, 0.3) is 0 Å². The summed E-state index contributed by atoms with van der Waals surface area (Å²) in [6.45, 7) is 0.813. The van der Waals surface area contributed by atoms with Gasteiger partial charge in [-0.05, 0) is 54.2 Å². The summed E-state index contributed by atoms with van der Waals surface area (Å²) in [5.41, 5.74) is 6.88. The Morgan fingerprint density at radius 3 is 2.86 bits per heavy atom. The van der Waals surface area contributed by atoms with E-state index in [2.05, 4.69) is 28.6 Å². The van der Waals surface area contributed by atoms with Crippen LogP contribution in [0.5, 0.6) is 5.75 Å². The zero-order valence-corrected chi connectivity index (χ0v) is 12.1. The fourth-order valence-corrected chi connectivity index (χ4v) is 2.78. The topological polar surface area (TPSA) is 60.2 Å². The number of fused-ring (bicyclic) bond motifs is 1. The maximum atomic E-state index is 5.69. The van der Waals surface area contributed by atoms with Gasteiger partial charge in [0.05, 0.1) is 6.61 Å². The second-order valence-corrected chi connectivity index (χ2v) is 5.50. The van der Waals surface area contributed by atoms with Crippen molar-refractivity contribution in [2.45, 2.75) is 31.7 Å². The van der Waals surface area contributed by atoms with Gasteiger partial charge in [-0.3, -0.25) is 16.3 Å². The Morgan fingerprint density at radius 1 is 1.19 bits per heavy atom. The Hall–Kier alpha value is -1.91. The van der Waals surface area contributed by atoms with Crippen molar-refractivity contribution in [3.05, 3.63) is 59.4 Å². The Labute approximate surface area is 125 Å². The largest absolute Gasteiger partial charge is 0.493 e. The highest BCUT2D eigenvalue weighted by Gasteiger charge is 2.13. The summed E-state index contributed by atoms with van der Waals surface area (Å²) in [4.78, 5) is 4.04. The number of nitrogens with one attached hydrogen (secondary N) is 1. The van der Waals surface area contributed by atoms with Gasteiger partial charge < -0.3 is 4.74 Å². The smallest absolute Gasteiger partial charge is 0.122 e. The van der Waals surface area contributed by atoms with Gasteiger partial charge in [-0.2, -0.15) is 0 Å². The molecule has 0 saturated heterocycles. The number of aromatic nitrogens is 1. The van der Waals surface area contributed by atoms with E-state index in [1.165, 1.54) is 16.7 Å². The predicted molar refractivity (Wildman–Crippen MR) is 83.0 cm³/mol. The lowest BCUT2D eigenvalue weighted by atomic mass is 9.98. The SMILES string of the molecule is NNC(CCc1ccc2c(c1)CCO2)Cc1ccncc1. The minimum absolute atomic E-state index is 0.275. The highest BCUT2D eigenvalue weighted by molar-refractivity contribution is 5.39. The quantitative estimate of drug-likeness (QED) is 0.629. The molecule has 4 nitrogen and oxygen atoms in total. The van der Waals surface area contributed by atoms with Crippen LogP contribution in [0.4, 0.5) is 0 Å². The highest BCUT2D eigenvalue weighted by atomic mass is 16.5. The lowest BCUT2D eigenvalue weighted by molar-refractivity contribution is 0.357. The molecule has 1 atom stereocenters. The molecule has 0 aliphatic carbocycles. The van der Waals surface area contributed by atoms with Crippen molar-refractivity contribution >= 4 is 0 Å². The standard InChI is InChI=1S/C17H21N3O/c18-20-16(12-14-5-8-19-9-6-14)3-1-13-2-4-17-15(11-13)7-10-21-17/h2,4-6,8-9,11,16,20H,1,3,7,10,12,18H2. The normalized spacial score (nSPS) is 14.5. The molecular formula is C17H21N3O. The molecule has 0 fully saturated rings. The third kappa shape index (κ3) is 3.60. The summed E-state index contributed by atoms with van der Waals surface area (Å²) in [6.07, 6.45) is 7.63. The zero-order valence-electron chi connectivity index (χ0n) is 12.1. The second-order valence-electron chi connectivity index (χ2n) is 5.50. The molecule has 1 aromatic carbocycles. The van der Waals surface area contributed by atoms with Crippen molar-refractivity contribution in [3.63, 3.8) is 0 Å². The van der Waals surface area contributed by atoms with Crippen LogP contribution < -0.4 is 16.0 Å². The zero-order chi connectivity index (χ0) is 14.5. The molecule has 2 heterocycles. The Morgan fingerprint density at radius 2 is 2.05 bits per heavy atom. The second kappa shape index (κ2) is 6.70. The third-order valence-corrected chi connectivity index (χ3v) is 4.00. The molecule has 0 radical (unpaired) electrons. The van der Waals surface area contributed by atoms with E-state index in [9.17, 15) is 0 Å². The molecule has 3 rings (SSSR count). The number of benzene rings is 1. The van der Waals surface area contributed by atoms with Gasteiger partial charge in [-0.25, -0.2) is 0 Å². The van der Waals surface area contributed by atoms with Crippen molar-refractivity contribution in [3.8, 4) is 5.75 Å². The first-order valence-corrected chi connectivity index (χ1v) is 7.45. The van der Waals surface area contributed by atoms with Gasteiger partial charge in [-0.1, -0.05) is 12.1 Å². The molecule has 21 heavy (non-hydrogen) atoms. The van der Waals surface area contributed by atoms with Gasteiger partial charge in [0.2, 0.25) is 0 Å². The maximum absolute atomic E-state index is 5.69. The number of hydrogen-bond donors (Lipinski definition) is 2. The van der Waals surface area contributed by atoms with Gasteiger partial charge >= 0.3 is 0 Å². The van der Waals surface area contributed by atoms with Crippen LogP contribution in [-0.4, -0.2) is 17.6 Å². The van der Waals surface area contributed by atoms with Crippen LogP contribution in [0.1, 0.15) is 23.1 Å². The monoisotopic (exact) mass is 283 g/mol. The summed E-state index contributed by atoms with van der Waals surface area (Å²) in [5.74, 6) is 6.73. The highest BCUT2D eigenvalue weighted by Crippen LogP contribution is 2.26. The predicted octanol–water partition coefficient (Wildman–Crippen LogP) is 2.02. The number of pyridine rings is 1. The van der Waals surface area contributed by atoms with E-state index < -0.39 is 0 Å². The number of hydrazine groups is 1. The molecule has 110 valence electrons. The van der Waals surface area contributed by atoms with Crippen LogP contribution in [0.15, 0.2) is 42.7 Å². The minimum atomic E-state index is 0.275. The lowest BCUT2D eigenvalue weighted by Gasteiger charge is -2.16. The van der Waals surface area contributed by atoms with Gasteiger partial charge in [-0.15, -0.1) is 0 Å². The fraction of sp³-hybridized carbons (Fsp3) is 0.353. The molecule has 3 N–H and O–H groups in total. The van der Waals surface area contributed by atoms with Crippen LogP contribution in [0.2, 0.25) is 0 Å². The van der Waals surface area contributed by atoms with Gasteiger partial charge in [0, 0.05) is 24.9 Å². The molecule has 1 unspecified atom stereocenters. The van der Waals surface area contributed by atoms with E-state index in [4.69, 9.17) is 10.6 Å². The minimum Gasteiger partial charge on any atom is -0.493 e. The molecule has 0 bridgehead atoms. The lowest BCUT2D eigenvalue weighted by Crippen LogP contribution is -2.37. The van der Waals surface area contributed by atoms with E-state index in [1.807, 2.05) is 24.5 Å². The van der Waals surface area contributed by atoms with Crippen molar-refractivity contribution in [1.82, 2.24) is 10.4 Å². The molecule has 1 aliphatic heterocycles. The fourth-order valence-electron chi connectivity index (χ4n) is 2.78. The summed E-state index contributed by atoms with van der Waals surface area (Å²) >= 11 is 0. The van der Waals surface area contributed by atoms with Gasteiger partial charge in [0.1, 0.15) is 5.75 Å². The molecule has 1 aromatic heterocycles. The van der Waals surface area contributed by atoms with Crippen LogP contribution in [0, 0.1) is 0 Å². The summed E-state index contributed by atoms with van der Waals surface area (Å²) in [7, 11) is 0. The van der Waals surface area contributed by atoms with Gasteiger partial charge in [0.15, 0.2) is 0 Å². The number of nitrogens with zero attached hydrogens (tertiary/aromatic N) is 1. The van der Waals surface area contributed by atoms with Crippen molar-refractivity contribution in [2.24, 2.45) is 5.84 Å². The van der Waals surface area contributed by atoms with Crippen LogP contribution in [-0.2, 0) is 19.3 Å². The molecule has 0 spiro atoms. The summed E-state index contributed by atoms with van der Waals surface area (Å²) < 4.78 is 5.54. The van der Waals surface area contributed by atoms with Gasteiger partial charge in [0.25, 0.3) is 0 Å². The van der Waals surface area contributed by atoms with Crippen molar-refractivity contribution in [2.75, 3.05) is 6.61 Å². The van der Waals surface area contributed by atoms with E-state index in [-0.39, 0.29) is 6.04 Å². The average Bonchev–Trinajstić information content (AvgIpc) is 3.00.